The van der Waals surface area contributed by atoms with Crippen molar-refractivity contribution in [3.8, 4) is 0 Å². The number of nitrogens with zero attached hydrogens (tertiary/aromatic N) is 2. The third-order valence-electron chi connectivity index (χ3n) is 3.06. The first kappa shape index (κ1) is 12.5. The molecule has 17 heavy (non-hydrogen) atoms. The summed E-state index contributed by atoms with van der Waals surface area (Å²) in [5, 5.41) is 9.83. The second-order valence-corrected chi connectivity index (χ2v) is 5.45. The molecule has 0 unspecified atom stereocenters. The van der Waals surface area contributed by atoms with E-state index in [0.29, 0.717) is 36.2 Å². The van der Waals surface area contributed by atoms with Crippen molar-refractivity contribution >= 4 is 21.8 Å². The second-order valence-electron chi connectivity index (χ2n) is 4.63. The number of carbonyl (C=O) groups is 1. The molecule has 2 rings (SSSR count). The highest BCUT2D eigenvalue weighted by molar-refractivity contribution is 9.10. The first-order valence-corrected chi connectivity index (χ1v) is 6.41. The summed E-state index contributed by atoms with van der Waals surface area (Å²) in [6, 6.07) is 5.29. The van der Waals surface area contributed by atoms with Crippen molar-refractivity contribution in [3.63, 3.8) is 0 Å². The molecule has 1 fully saturated rings. The van der Waals surface area contributed by atoms with Crippen LogP contribution in [-0.2, 0) is 0 Å². The zero-order chi connectivity index (χ0) is 12.5. The van der Waals surface area contributed by atoms with Crippen molar-refractivity contribution in [1.29, 1.82) is 0 Å². The average Bonchev–Trinajstić information content (AvgIpc) is 2.28. The first-order valence-electron chi connectivity index (χ1n) is 5.62. The molecule has 0 radical (unpaired) electrons. The third-order valence-corrected chi connectivity index (χ3v) is 3.50. The van der Waals surface area contributed by atoms with Gasteiger partial charge in [-0.15, -0.1) is 0 Å². The third kappa shape index (κ3) is 3.04. The molecule has 1 N–H and O–H groups in total. The van der Waals surface area contributed by atoms with Crippen LogP contribution in [0.3, 0.4) is 0 Å². The maximum absolute atomic E-state index is 12.1. The van der Waals surface area contributed by atoms with E-state index in [2.05, 4.69) is 20.9 Å². The number of piperidine rings is 1. The molecule has 2 heterocycles. The Bertz CT molecular complexity index is 424. The molecule has 92 valence electrons. The first-order chi connectivity index (χ1) is 7.98. The van der Waals surface area contributed by atoms with Crippen molar-refractivity contribution in [1.82, 2.24) is 9.88 Å². The number of aromatic nitrogens is 1. The van der Waals surface area contributed by atoms with Crippen LogP contribution in [0.25, 0.3) is 0 Å². The van der Waals surface area contributed by atoms with Crippen LogP contribution in [0.1, 0.15) is 30.3 Å². The summed E-state index contributed by atoms with van der Waals surface area (Å²) < 4.78 is 0.660. The van der Waals surface area contributed by atoms with Crippen LogP contribution in [0.5, 0.6) is 0 Å². The molecule has 4 nitrogen and oxygen atoms in total. The van der Waals surface area contributed by atoms with Gasteiger partial charge in [-0.2, -0.15) is 0 Å². The lowest BCUT2D eigenvalue weighted by Crippen LogP contribution is -2.45. The number of rotatable bonds is 1. The molecular weight excluding hydrogens is 284 g/mol. The molecule has 1 aromatic heterocycles. The fraction of sp³-hybridized carbons (Fsp3) is 0.500. The van der Waals surface area contributed by atoms with E-state index in [1.165, 1.54) is 0 Å². The van der Waals surface area contributed by atoms with Crippen molar-refractivity contribution in [2.24, 2.45) is 0 Å². The summed E-state index contributed by atoms with van der Waals surface area (Å²) in [5.41, 5.74) is -0.192. The molecule has 1 amide bonds. The van der Waals surface area contributed by atoms with E-state index in [0.717, 1.165) is 0 Å². The lowest BCUT2D eigenvalue weighted by Gasteiger charge is -2.35. The summed E-state index contributed by atoms with van der Waals surface area (Å²) >= 11 is 3.25. The molecule has 0 atom stereocenters. The lowest BCUT2D eigenvalue weighted by molar-refractivity contribution is -0.00219. The Morgan fingerprint density at radius 3 is 2.71 bits per heavy atom. The van der Waals surface area contributed by atoms with E-state index >= 15 is 0 Å². The Labute approximate surface area is 109 Å². The van der Waals surface area contributed by atoms with Crippen LogP contribution in [-0.4, -0.2) is 39.6 Å². The van der Waals surface area contributed by atoms with E-state index in [-0.39, 0.29) is 5.91 Å². The Kier molecular flexibility index (Phi) is 3.49. The van der Waals surface area contributed by atoms with Crippen LogP contribution in [0.15, 0.2) is 22.8 Å². The van der Waals surface area contributed by atoms with Gasteiger partial charge in [-0.1, -0.05) is 6.07 Å². The molecule has 0 aliphatic carbocycles. The number of aliphatic hydroxyl groups is 1. The Balaban J connectivity index is 2.07. The minimum Gasteiger partial charge on any atom is -0.390 e. The number of hydrogen-bond donors (Lipinski definition) is 1. The predicted octanol–water partition coefficient (Wildman–Crippen LogP) is 1.83. The van der Waals surface area contributed by atoms with Gasteiger partial charge in [0.05, 0.1) is 5.60 Å². The van der Waals surface area contributed by atoms with Crippen molar-refractivity contribution in [2.75, 3.05) is 13.1 Å². The smallest absolute Gasteiger partial charge is 0.272 e. The molecule has 0 aromatic carbocycles. The van der Waals surface area contributed by atoms with Gasteiger partial charge in [-0.25, -0.2) is 4.98 Å². The molecule has 0 spiro atoms. The standard InChI is InChI=1S/C12H15BrN2O2/c1-12(17)5-7-15(8-6-12)11(16)9-3-2-4-10(13)14-9/h2-4,17H,5-8H2,1H3. The molecular formula is C12H15BrN2O2. The van der Waals surface area contributed by atoms with Gasteiger partial charge in [-0.05, 0) is 47.8 Å². The summed E-state index contributed by atoms with van der Waals surface area (Å²) in [4.78, 5) is 18.0. The molecule has 1 saturated heterocycles. The van der Waals surface area contributed by atoms with E-state index < -0.39 is 5.60 Å². The number of amides is 1. The molecule has 5 heteroatoms. The van der Waals surface area contributed by atoms with Gasteiger partial charge in [0.15, 0.2) is 0 Å². The zero-order valence-corrected chi connectivity index (χ0v) is 11.3. The minimum atomic E-state index is -0.637. The summed E-state index contributed by atoms with van der Waals surface area (Å²) in [5.74, 6) is -0.0678. The van der Waals surface area contributed by atoms with Gasteiger partial charge in [0.25, 0.3) is 5.91 Å². The van der Waals surface area contributed by atoms with Crippen LogP contribution in [0.2, 0.25) is 0 Å². The van der Waals surface area contributed by atoms with Gasteiger partial charge < -0.3 is 10.0 Å². The normalized spacial score (nSPS) is 19.1. The zero-order valence-electron chi connectivity index (χ0n) is 9.69. The van der Waals surface area contributed by atoms with Gasteiger partial charge in [0.2, 0.25) is 0 Å². The highest BCUT2D eigenvalue weighted by Gasteiger charge is 2.30. The summed E-state index contributed by atoms with van der Waals surface area (Å²) in [6.07, 6.45) is 1.24. The summed E-state index contributed by atoms with van der Waals surface area (Å²) in [7, 11) is 0. The quantitative estimate of drug-likeness (QED) is 0.805. The van der Waals surface area contributed by atoms with E-state index in [4.69, 9.17) is 0 Å². The van der Waals surface area contributed by atoms with Crippen LogP contribution >= 0.6 is 15.9 Å². The monoisotopic (exact) mass is 298 g/mol. The molecule has 1 aromatic rings. The average molecular weight is 299 g/mol. The number of hydrogen-bond acceptors (Lipinski definition) is 3. The Morgan fingerprint density at radius 2 is 2.12 bits per heavy atom. The maximum Gasteiger partial charge on any atom is 0.272 e. The van der Waals surface area contributed by atoms with E-state index in [1.54, 1.807) is 23.1 Å². The highest BCUT2D eigenvalue weighted by atomic mass is 79.9. The van der Waals surface area contributed by atoms with Gasteiger partial charge >= 0.3 is 0 Å². The summed E-state index contributed by atoms with van der Waals surface area (Å²) in [6.45, 7) is 2.98. The van der Waals surface area contributed by atoms with Gasteiger partial charge in [-0.3, -0.25) is 4.79 Å². The Morgan fingerprint density at radius 1 is 1.47 bits per heavy atom. The largest absolute Gasteiger partial charge is 0.390 e. The second kappa shape index (κ2) is 4.74. The van der Waals surface area contributed by atoms with Crippen LogP contribution < -0.4 is 0 Å². The molecule has 0 saturated carbocycles. The van der Waals surface area contributed by atoms with E-state index in [9.17, 15) is 9.90 Å². The van der Waals surface area contributed by atoms with Crippen LogP contribution in [0, 0.1) is 0 Å². The maximum atomic E-state index is 12.1. The van der Waals surface area contributed by atoms with Crippen molar-refractivity contribution < 1.29 is 9.90 Å². The number of halogens is 1. The molecule has 1 aliphatic heterocycles. The van der Waals surface area contributed by atoms with Crippen molar-refractivity contribution in [3.05, 3.63) is 28.5 Å². The number of likely N-dealkylation sites (tertiary alicyclic amines) is 1. The fourth-order valence-corrected chi connectivity index (χ4v) is 2.22. The van der Waals surface area contributed by atoms with Gasteiger partial charge in [0, 0.05) is 13.1 Å². The minimum absolute atomic E-state index is 0.0678. The number of pyridine rings is 1. The fourth-order valence-electron chi connectivity index (χ4n) is 1.88. The molecule has 0 bridgehead atoms. The van der Waals surface area contributed by atoms with E-state index in [1.807, 2.05) is 6.92 Å². The SMILES string of the molecule is CC1(O)CCN(C(=O)c2cccc(Br)n2)CC1. The lowest BCUT2D eigenvalue weighted by atomic mass is 9.94. The van der Waals surface area contributed by atoms with Crippen molar-refractivity contribution in [2.45, 2.75) is 25.4 Å². The molecule has 1 aliphatic rings. The predicted molar refractivity (Wildman–Crippen MR) is 67.7 cm³/mol. The van der Waals surface area contributed by atoms with Gasteiger partial charge in [0.1, 0.15) is 10.3 Å². The highest BCUT2D eigenvalue weighted by Crippen LogP contribution is 2.22. The topological polar surface area (TPSA) is 53.4 Å². The van der Waals surface area contributed by atoms with Crippen LogP contribution in [0.4, 0.5) is 0 Å². The number of carbonyl (C=O) groups excluding carboxylic acids is 1. The Hall–Kier alpha value is -0.940.